The second-order valence-electron chi connectivity index (χ2n) is 10.5. The van der Waals surface area contributed by atoms with Crippen molar-refractivity contribution in [2.75, 3.05) is 13.2 Å². The third-order valence-corrected chi connectivity index (χ3v) is 7.39. The number of fused-ring (bicyclic) bond motifs is 1. The molecule has 1 unspecified atom stereocenters. The number of aryl methyl sites for hydroxylation is 1. The van der Waals surface area contributed by atoms with Crippen LogP contribution in [0, 0.1) is 16.7 Å². The van der Waals surface area contributed by atoms with Gasteiger partial charge in [0.25, 0.3) is 11.8 Å². The Morgan fingerprint density at radius 2 is 1.95 bits per heavy atom. The summed E-state index contributed by atoms with van der Waals surface area (Å²) in [5.74, 6) is -1.46. The largest absolute Gasteiger partial charge is 0.484 e. The van der Waals surface area contributed by atoms with Crippen molar-refractivity contribution >= 4 is 11.8 Å². The Morgan fingerprint density at radius 1 is 1.19 bits per heavy atom. The van der Waals surface area contributed by atoms with Crippen molar-refractivity contribution in [3.8, 4) is 17.6 Å². The number of nitrogens with zero attached hydrogens (tertiary/aromatic N) is 4. The molecule has 2 amide bonds. The molecule has 2 N–H and O–H groups in total. The van der Waals surface area contributed by atoms with E-state index >= 15 is 0 Å². The molecule has 1 fully saturated rings. The maximum absolute atomic E-state index is 13.5. The SMILES string of the molecule is N#Cc1ccc(-n2nc3c(c2C(=O)NCC2(C(F)(F)F)CC2)C(=O)NC(CCc2cccc(OCC(F)(F)F)c2)C3)nc1. The normalized spacial score (nSPS) is 17.4. The number of hydrogen-bond acceptors (Lipinski definition) is 6. The summed E-state index contributed by atoms with van der Waals surface area (Å²) in [6.07, 6.45) is -7.08. The molecule has 2 aliphatic rings. The van der Waals surface area contributed by atoms with Crippen LogP contribution in [0.4, 0.5) is 26.3 Å². The van der Waals surface area contributed by atoms with E-state index in [4.69, 9.17) is 10.00 Å². The zero-order chi connectivity index (χ0) is 31.0. The molecule has 5 rings (SSSR count). The Bertz CT molecular complexity index is 1570. The molecule has 1 saturated carbocycles. The first-order valence-corrected chi connectivity index (χ1v) is 13.2. The Labute approximate surface area is 240 Å². The van der Waals surface area contributed by atoms with Gasteiger partial charge in [-0.05, 0) is 55.5 Å². The number of carbonyl (C=O) groups excluding carboxylic acids is 2. The Hall–Kier alpha value is -4.61. The van der Waals surface area contributed by atoms with Gasteiger partial charge in [0.1, 0.15) is 17.5 Å². The number of aromatic nitrogens is 3. The van der Waals surface area contributed by atoms with Crippen molar-refractivity contribution in [1.29, 1.82) is 5.26 Å². The van der Waals surface area contributed by atoms with Gasteiger partial charge >= 0.3 is 12.4 Å². The molecule has 3 aromatic rings. The molecule has 0 bridgehead atoms. The number of pyridine rings is 1. The first-order chi connectivity index (χ1) is 20.3. The van der Waals surface area contributed by atoms with Crippen molar-refractivity contribution in [2.45, 2.75) is 50.5 Å². The van der Waals surface area contributed by atoms with Crippen molar-refractivity contribution in [2.24, 2.45) is 5.41 Å². The minimum Gasteiger partial charge on any atom is -0.484 e. The first-order valence-electron chi connectivity index (χ1n) is 13.2. The van der Waals surface area contributed by atoms with Gasteiger partial charge < -0.3 is 15.4 Å². The predicted molar refractivity (Wildman–Crippen MR) is 137 cm³/mol. The predicted octanol–water partition coefficient (Wildman–Crippen LogP) is 4.44. The number of nitriles is 1. The lowest BCUT2D eigenvalue weighted by Gasteiger charge is -2.23. The van der Waals surface area contributed by atoms with Gasteiger partial charge in [-0.3, -0.25) is 9.59 Å². The molecule has 3 heterocycles. The highest BCUT2D eigenvalue weighted by Crippen LogP contribution is 2.57. The second kappa shape index (κ2) is 11.2. The third kappa shape index (κ3) is 6.58. The van der Waals surface area contributed by atoms with E-state index < -0.39 is 48.8 Å². The number of nitrogens with one attached hydrogen (secondary N) is 2. The summed E-state index contributed by atoms with van der Waals surface area (Å²) in [4.78, 5) is 30.7. The zero-order valence-corrected chi connectivity index (χ0v) is 22.3. The summed E-state index contributed by atoms with van der Waals surface area (Å²) >= 11 is 0. The number of ether oxygens (including phenoxy) is 1. The minimum atomic E-state index is -4.50. The molecular weight excluding hydrogens is 582 g/mol. The number of rotatable bonds is 9. The lowest BCUT2D eigenvalue weighted by Crippen LogP contribution is -2.43. The first kappa shape index (κ1) is 29.9. The lowest BCUT2D eigenvalue weighted by molar-refractivity contribution is -0.184. The van der Waals surface area contributed by atoms with E-state index in [9.17, 15) is 35.9 Å². The maximum atomic E-state index is 13.5. The standard InChI is InChI=1S/C28H24F6N6O3/c29-27(30,31)15-43-19-3-1-2-16(10-19)4-6-18-11-20-22(24(41)38-18)23(25(42)37-14-26(8-9-26)28(32,33)34)40(39-20)21-7-5-17(12-35)13-36-21/h1-3,5,7,10,13,18H,4,6,8-9,11,14-15H2,(H,37,42)(H,38,41). The fourth-order valence-corrected chi connectivity index (χ4v) is 4.86. The van der Waals surface area contributed by atoms with Crippen molar-refractivity contribution in [3.63, 3.8) is 0 Å². The molecule has 2 aromatic heterocycles. The second-order valence-corrected chi connectivity index (χ2v) is 10.5. The smallest absolute Gasteiger partial charge is 0.422 e. The molecule has 0 saturated heterocycles. The van der Waals surface area contributed by atoms with E-state index in [-0.39, 0.29) is 53.3 Å². The van der Waals surface area contributed by atoms with Crippen LogP contribution in [0.1, 0.15) is 56.9 Å². The summed E-state index contributed by atoms with van der Waals surface area (Å²) in [5.41, 5.74) is -1.27. The van der Waals surface area contributed by atoms with Crippen LogP contribution in [0.5, 0.6) is 5.75 Å². The Morgan fingerprint density at radius 3 is 2.58 bits per heavy atom. The zero-order valence-electron chi connectivity index (χ0n) is 22.3. The molecule has 0 spiro atoms. The van der Waals surface area contributed by atoms with Crippen LogP contribution >= 0.6 is 0 Å². The van der Waals surface area contributed by atoms with Crippen LogP contribution in [0.25, 0.3) is 5.82 Å². The average molecular weight is 607 g/mol. The van der Waals surface area contributed by atoms with Crippen LogP contribution in [0.15, 0.2) is 42.6 Å². The van der Waals surface area contributed by atoms with Gasteiger partial charge in [-0.2, -0.15) is 36.7 Å². The lowest BCUT2D eigenvalue weighted by atomic mass is 9.95. The van der Waals surface area contributed by atoms with E-state index in [0.29, 0.717) is 18.4 Å². The topological polar surface area (TPSA) is 122 Å². The van der Waals surface area contributed by atoms with Gasteiger partial charge in [-0.25, -0.2) is 9.67 Å². The van der Waals surface area contributed by atoms with E-state index in [1.54, 1.807) is 12.1 Å². The Kier molecular flexibility index (Phi) is 7.80. The number of carbonyl (C=O) groups is 2. The summed E-state index contributed by atoms with van der Waals surface area (Å²) in [6.45, 7) is -2.09. The number of hydrogen-bond donors (Lipinski definition) is 2. The molecule has 226 valence electrons. The van der Waals surface area contributed by atoms with Crippen LogP contribution in [-0.4, -0.2) is 58.1 Å². The maximum Gasteiger partial charge on any atom is 0.422 e. The molecule has 1 atom stereocenters. The van der Waals surface area contributed by atoms with Crippen molar-refractivity contribution in [3.05, 3.63) is 70.7 Å². The highest BCUT2D eigenvalue weighted by molar-refractivity contribution is 6.08. The summed E-state index contributed by atoms with van der Waals surface area (Å²) in [6, 6.07) is 10.4. The van der Waals surface area contributed by atoms with Gasteiger partial charge in [0.05, 0.1) is 22.2 Å². The molecule has 1 aliphatic heterocycles. The van der Waals surface area contributed by atoms with Crippen molar-refractivity contribution in [1.82, 2.24) is 25.4 Å². The Balaban J connectivity index is 1.36. The van der Waals surface area contributed by atoms with E-state index in [1.807, 2.05) is 6.07 Å². The van der Waals surface area contributed by atoms with Gasteiger partial charge in [0, 0.05) is 25.2 Å². The molecule has 43 heavy (non-hydrogen) atoms. The highest BCUT2D eigenvalue weighted by atomic mass is 19.4. The van der Waals surface area contributed by atoms with Crippen LogP contribution in [-0.2, 0) is 12.8 Å². The van der Waals surface area contributed by atoms with Gasteiger partial charge in [-0.15, -0.1) is 0 Å². The number of alkyl halides is 6. The van der Waals surface area contributed by atoms with Gasteiger partial charge in [0.2, 0.25) is 0 Å². The molecule has 15 heteroatoms. The quantitative estimate of drug-likeness (QED) is 0.348. The van der Waals surface area contributed by atoms with Crippen LogP contribution in [0.2, 0.25) is 0 Å². The molecular formula is C28H24F6N6O3. The van der Waals surface area contributed by atoms with Crippen LogP contribution in [0.3, 0.4) is 0 Å². The minimum absolute atomic E-state index is 0.0487. The van der Waals surface area contributed by atoms with E-state index in [0.717, 1.165) is 4.68 Å². The third-order valence-electron chi connectivity index (χ3n) is 7.39. The molecule has 9 nitrogen and oxygen atoms in total. The fraction of sp³-hybridized carbons (Fsp3) is 0.393. The van der Waals surface area contributed by atoms with Gasteiger partial charge in [-0.1, -0.05) is 12.1 Å². The van der Waals surface area contributed by atoms with Crippen molar-refractivity contribution < 1.29 is 40.7 Å². The monoisotopic (exact) mass is 606 g/mol. The summed E-state index contributed by atoms with van der Waals surface area (Å²) in [7, 11) is 0. The highest BCUT2D eigenvalue weighted by Gasteiger charge is 2.63. The average Bonchev–Trinajstić information content (AvgIpc) is 3.67. The summed E-state index contributed by atoms with van der Waals surface area (Å²) < 4.78 is 83.8. The van der Waals surface area contributed by atoms with E-state index in [1.165, 1.54) is 30.5 Å². The molecule has 0 radical (unpaired) electrons. The van der Waals surface area contributed by atoms with Crippen LogP contribution < -0.4 is 15.4 Å². The van der Waals surface area contributed by atoms with Gasteiger partial charge in [0.15, 0.2) is 12.4 Å². The number of amides is 2. The molecule has 1 aliphatic carbocycles. The fourth-order valence-electron chi connectivity index (χ4n) is 4.86. The number of benzene rings is 1. The van der Waals surface area contributed by atoms with E-state index in [2.05, 4.69) is 20.7 Å². The molecule has 1 aromatic carbocycles. The summed E-state index contributed by atoms with van der Waals surface area (Å²) in [5, 5.41) is 18.6. The number of halogens is 6.